The van der Waals surface area contributed by atoms with Gasteiger partial charge in [0.1, 0.15) is 0 Å². The summed E-state index contributed by atoms with van der Waals surface area (Å²) in [6.45, 7) is 2.02. The monoisotopic (exact) mass is 319 g/mol. The summed E-state index contributed by atoms with van der Waals surface area (Å²) in [4.78, 5) is 11.4. The number of aryl methyl sites for hydroxylation is 1. The highest BCUT2D eigenvalue weighted by atomic mass is 127. The minimum atomic E-state index is -0.0478. The summed E-state index contributed by atoms with van der Waals surface area (Å²) in [6.07, 6.45) is 0.872. The number of halogens is 1. The van der Waals surface area contributed by atoms with E-state index in [9.17, 15) is 4.79 Å². The molecule has 0 aliphatic rings. The summed E-state index contributed by atoms with van der Waals surface area (Å²) in [5.41, 5.74) is 1.90. The van der Waals surface area contributed by atoms with Crippen LogP contribution in [0.2, 0.25) is 0 Å². The van der Waals surface area contributed by atoms with Gasteiger partial charge in [0.05, 0.1) is 0 Å². The van der Waals surface area contributed by atoms with Gasteiger partial charge in [0.2, 0.25) is 5.91 Å². The zero-order valence-electron chi connectivity index (χ0n) is 8.59. The number of carbonyl (C=O) groups is 1. The van der Waals surface area contributed by atoms with Gasteiger partial charge in [0, 0.05) is 22.3 Å². The van der Waals surface area contributed by atoms with Crippen molar-refractivity contribution in [1.29, 1.82) is 0 Å². The molecule has 0 spiro atoms. The number of hydrogen-bond donors (Lipinski definition) is 2. The van der Waals surface area contributed by atoms with E-state index in [4.69, 9.17) is 5.11 Å². The van der Waals surface area contributed by atoms with Crippen molar-refractivity contribution in [2.24, 2.45) is 0 Å². The van der Waals surface area contributed by atoms with Gasteiger partial charge >= 0.3 is 0 Å². The largest absolute Gasteiger partial charge is 0.396 e. The molecule has 3 nitrogen and oxygen atoms in total. The summed E-state index contributed by atoms with van der Waals surface area (Å²) in [6, 6.07) is 5.87. The van der Waals surface area contributed by atoms with Gasteiger partial charge in [0.15, 0.2) is 0 Å². The molecule has 2 N–H and O–H groups in total. The third-order valence-electron chi connectivity index (χ3n) is 2.02. The first-order valence-corrected chi connectivity index (χ1v) is 5.88. The van der Waals surface area contributed by atoms with Crippen molar-refractivity contribution in [3.05, 3.63) is 27.3 Å². The van der Waals surface area contributed by atoms with E-state index in [1.165, 1.54) is 0 Å². The fraction of sp³-hybridized carbons (Fsp3) is 0.364. The standard InChI is InChI=1S/C11H14INO2/c1-8-7-9(12)4-5-10(8)13-11(15)3-2-6-14/h4-5,7,14H,2-3,6H2,1H3,(H,13,15). The molecule has 1 aromatic carbocycles. The number of benzene rings is 1. The maximum atomic E-state index is 11.4. The van der Waals surface area contributed by atoms with Crippen LogP contribution >= 0.6 is 22.6 Å². The van der Waals surface area contributed by atoms with Gasteiger partial charge in [0.25, 0.3) is 0 Å². The highest BCUT2D eigenvalue weighted by Gasteiger charge is 2.04. The Kier molecular flexibility index (Phi) is 5.04. The number of amides is 1. The fourth-order valence-corrected chi connectivity index (χ4v) is 1.87. The number of nitrogens with one attached hydrogen (secondary N) is 1. The average Bonchev–Trinajstić information content (AvgIpc) is 2.19. The summed E-state index contributed by atoms with van der Waals surface area (Å²) in [5, 5.41) is 11.4. The molecule has 0 radical (unpaired) electrons. The Morgan fingerprint density at radius 3 is 2.87 bits per heavy atom. The van der Waals surface area contributed by atoms with Crippen molar-refractivity contribution < 1.29 is 9.90 Å². The molecule has 0 aliphatic carbocycles. The molecule has 4 heteroatoms. The quantitative estimate of drug-likeness (QED) is 0.837. The highest BCUT2D eigenvalue weighted by molar-refractivity contribution is 14.1. The van der Waals surface area contributed by atoms with E-state index in [-0.39, 0.29) is 12.5 Å². The topological polar surface area (TPSA) is 49.3 Å². The molecule has 82 valence electrons. The number of aliphatic hydroxyl groups excluding tert-OH is 1. The lowest BCUT2D eigenvalue weighted by atomic mass is 10.2. The summed E-state index contributed by atoms with van der Waals surface area (Å²) in [7, 11) is 0. The Morgan fingerprint density at radius 2 is 2.27 bits per heavy atom. The van der Waals surface area contributed by atoms with E-state index < -0.39 is 0 Å². The maximum Gasteiger partial charge on any atom is 0.224 e. The Balaban J connectivity index is 2.60. The van der Waals surface area contributed by atoms with Gasteiger partial charge < -0.3 is 10.4 Å². The van der Waals surface area contributed by atoms with Crippen LogP contribution in [0.4, 0.5) is 5.69 Å². The van der Waals surface area contributed by atoms with Gasteiger partial charge in [-0.25, -0.2) is 0 Å². The first-order valence-electron chi connectivity index (χ1n) is 4.80. The highest BCUT2D eigenvalue weighted by Crippen LogP contribution is 2.17. The second kappa shape index (κ2) is 6.07. The van der Waals surface area contributed by atoms with E-state index in [2.05, 4.69) is 27.9 Å². The maximum absolute atomic E-state index is 11.4. The van der Waals surface area contributed by atoms with Gasteiger partial charge in [-0.3, -0.25) is 4.79 Å². The zero-order valence-corrected chi connectivity index (χ0v) is 10.7. The minimum Gasteiger partial charge on any atom is -0.396 e. The summed E-state index contributed by atoms with van der Waals surface area (Å²) >= 11 is 2.23. The van der Waals surface area contributed by atoms with Gasteiger partial charge in [-0.2, -0.15) is 0 Å². The van der Waals surface area contributed by atoms with Crippen LogP contribution in [0, 0.1) is 10.5 Å². The van der Waals surface area contributed by atoms with E-state index in [1.807, 2.05) is 25.1 Å². The Hall–Kier alpha value is -0.620. The van der Waals surface area contributed by atoms with Crippen LogP contribution in [0.1, 0.15) is 18.4 Å². The molecule has 0 aliphatic heterocycles. The van der Waals surface area contributed by atoms with Crippen molar-refractivity contribution in [2.45, 2.75) is 19.8 Å². The van der Waals surface area contributed by atoms with Crippen LogP contribution in [-0.4, -0.2) is 17.6 Å². The van der Waals surface area contributed by atoms with Crippen LogP contribution in [-0.2, 0) is 4.79 Å². The van der Waals surface area contributed by atoms with Crippen molar-refractivity contribution in [3.8, 4) is 0 Å². The molecule has 0 heterocycles. The van der Waals surface area contributed by atoms with Crippen LogP contribution in [0.3, 0.4) is 0 Å². The molecule has 0 unspecified atom stereocenters. The van der Waals surface area contributed by atoms with Gasteiger partial charge in [-0.05, 0) is 59.7 Å². The molecule has 0 fully saturated rings. The van der Waals surface area contributed by atoms with Crippen molar-refractivity contribution in [2.75, 3.05) is 11.9 Å². The molecule has 0 atom stereocenters. The molecule has 1 aromatic rings. The Labute approximate surface area is 103 Å². The fourth-order valence-electron chi connectivity index (χ4n) is 1.22. The molecule has 0 saturated heterocycles. The zero-order chi connectivity index (χ0) is 11.3. The molecule has 1 amide bonds. The van der Waals surface area contributed by atoms with Crippen LogP contribution in [0.25, 0.3) is 0 Å². The van der Waals surface area contributed by atoms with E-state index in [1.54, 1.807) is 0 Å². The van der Waals surface area contributed by atoms with Gasteiger partial charge in [-0.15, -0.1) is 0 Å². The second-order valence-corrected chi connectivity index (χ2v) is 4.58. The normalized spacial score (nSPS) is 10.1. The lowest BCUT2D eigenvalue weighted by Gasteiger charge is -2.08. The predicted octanol–water partition coefficient (Wildman–Crippen LogP) is 2.31. The average molecular weight is 319 g/mol. The summed E-state index contributed by atoms with van der Waals surface area (Å²) in [5.74, 6) is -0.0478. The molecular weight excluding hydrogens is 305 g/mol. The van der Waals surface area contributed by atoms with E-state index >= 15 is 0 Å². The number of anilines is 1. The number of rotatable bonds is 4. The molecule has 0 aromatic heterocycles. The number of aliphatic hydroxyl groups is 1. The molecule has 1 rings (SSSR count). The molecular formula is C11H14INO2. The van der Waals surface area contributed by atoms with Crippen LogP contribution < -0.4 is 5.32 Å². The van der Waals surface area contributed by atoms with E-state index in [0.717, 1.165) is 14.8 Å². The smallest absolute Gasteiger partial charge is 0.224 e. The van der Waals surface area contributed by atoms with Crippen molar-refractivity contribution in [1.82, 2.24) is 0 Å². The third-order valence-corrected chi connectivity index (χ3v) is 2.70. The first kappa shape index (κ1) is 12.4. The molecule has 0 bridgehead atoms. The van der Waals surface area contributed by atoms with Crippen LogP contribution in [0.5, 0.6) is 0 Å². The van der Waals surface area contributed by atoms with E-state index in [0.29, 0.717) is 12.8 Å². The van der Waals surface area contributed by atoms with Crippen molar-refractivity contribution in [3.63, 3.8) is 0 Å². The number of carbonyl (C=O) groups excluding carboxylic acids is 1. The lowest BCUT2D eigenvalue weighted by Crippen LogP contribution is -2.12. The second-order valence-electron chi connectivity index (χ2n) is 3.33. The molecule has 15 heavy (non-hydrogen) atoms. The molecule has 0 saturated carbocycles. The SMILES string of the molecule is Cc1cc(I)ccc1NC(=O)CCCO. The van der Waals surface area contributed by atoms with Crippen molar-refractivity contribution >= 4 is 34.2 Å². The number of hydrogen-bond acceptors (Lipinski definition) is 2. The lowest BCUT2D eigenvalue weighted by molar-refractivity contribution is -0.116. The Morgan fingerprint density at radius 1 is 1.53 bits per heavy atom. The Bertz CT molecular complexity index is 352. The van der Waals surface area contributed by atoms with Gasteiger partial charge in [-0.1, -0.05) is 0 Å². The third kappa shape index (κ3) is 4.17. The minimum absolute atomic E-state index is 0.0478. The predicted molar refractivity (Wildman–Crippen MR) is 68.8 cm³/mol. The first-order chi connectivity index (χ1) is 7.13. The summed E-state index contributed by atoms with van der Waals surface area (Å²) < 4.78 is 1.15. The van der Waals surface area contributed by atoms with Crippen LogP contribution in [0.15, 0.2) is 18.2 Å².